The maximum atomic E-state index is 13.1. The van der Waals surface area contributed by atoms with E-state index in [-0.39, 0.29) is 16.9 Å². The van der Waals surface area contributed by atoms with Crippen molar-refractivity contribution in [1.82, 2.24) is 19.3 Å². The maximum absolute atomic E-state index is 13.1. The van der Waals surface area contributed by atoms with Gasteiger partial charge in [0, 0.05) is 24.2 Å². The molecule has 0 spiro atoms. The average Bonchev–Trinajstić information content (AvgIpc) is 2.96. The van der Waals surface area contributed by atoms with Crippen molar-refractivity contribution in [1.29, 1.82) is 0 Å². The van der Waals surface area contributed by atoms with E-state index in [0.717, 1.165) is 5.56 Å². The number of fused-ring (bicyclic) bond motifs is 1. The van der Waals surface area contributed by atoms with Gasteiger partial charge in [-0.05, 0) is 42.8 Å². The Morgan fingerprint density at radius 2 is 1.92 bits per heavy atom. The molecule has 0 aliphatic carbocycles. The van der Waals surface area contributed by atoms with E-state index < -0.39 is 0 Å². The fraction of sp³-hybridized carbons (Fsp3) is 0.105. The molecule has 26 heavy (non-hydrogen) atoms. The van der Waals surface area contributed by atoms with E-state index in [9.17, 15) is 14.0 Å². The van der Waals surface area contributed by atoms with Gasteiger partial charge in [0.05, 0.1) is 23.1 Å². The Morgan fingerprint density at radius 1 is 1.15 bits per heavy atom. The van der Waals surface area contributed by atoms with Gasteiger partial charge in [-0.1, -0.05) is 6.07 Å². The maximum Gasteiger partial charge on any atom is 0.280 e. The van der Waals surface area contributed by atoms with Crippen LogP contribution in [0.25, 0.3) is 16.6 Å². The second kappa shape index (κ2) is 6.11. The molecule has 4 rings (SSSR count). The molecule has 0 fully saturated rings. The minimum Gasteiger partial charge on any atom is -0.308 e. The SMILES string of the molecule is Cc1c2c(=O)n(-c3ccc(F)cc3)[nH]c2cc(=O)n1Cc1cccnc1. The summed E-state index contributed by atoms with van der Waals surface area (Å²) in [4.78, 5) is 29.4. The van der Waals surface area contributed by atoms with Crippen LogP contribution < -0.4 is 11.1 Å². The van der Waals surface area contributed by atoms with Crippen molar-refractivity contribution in [2.45, 2.75) is 13.5 Å². The third-order valence-electron chi connectivity index (χ3n) is 4.37. The summed E-state index contributed by atoms with van der Waals surface area (Å²) in [6.07, 6.45) is 3.35. The van der Waals surface area contributed by atoms with Crippen LogP contribution in [0.5, 0.6) is 0 Å². The van der Waals surface area contributed by atoms with E-state index in [4.69, 9.17) is 0 Å². The number of hydrogen-bond donors (Lipinski definition) is 1. The zero-order chi connectivity index (χ0) is 18.3. The van der Waals surface area contributed by atoms with Gasteiger partial charge in [0.25, 0.3) is 11.1 Å². The Kier molecular flexibility index (Phi) is 3.76. The number of aryl methyl sites for hydroxylation is 1. The summed E-state index contributed by atoms with van der Waals surface area (Å²) in [5, 5.41) is 3.36. The molecule has 0 radical (unpaired) electrons. The van der Waals surface area contributed by atoms with Crippen molar-refractivity contribution in [3.8, 4) is 5.69 Å². The van der Waals surface area contributed by atoms with Crippen LogP contribution in [0.1, 0.15) is 11.3 Å². The lowest BCUT2D eigenvalue weighted by atomic mass is 10.2. The molecular formula is C19H15FN4O2. The summed E-state index contributed by atoms with van der Waals surface area (Å²) in [5.74, 6) is -0.384. The topological polar surface area (TPSA) is 72.7 Å². The van der Waals surface area contributed by atoms with Gasteiger partial charge in [-0.3, -0.25) is 19.7 Å². The molecule has 7 heteroatoms. The summed E-state index contributed by atoms with van der Waals surface area (Å²) < 4.78 is 16.0. The summed E-state index contributed by atoms with van der Waals surface area (Å²) >= 11 is 0. The molecule has 0 aliphatic rings. The van der Waals surface area contributed by atoms with E-state index >= 15 is 0 Å². The normalized spacial score (nSPS) is 11.2. The number of nitrogens with one attached hydrogen (secondary N) is 1. The quantitative estimate of drug-likeness (QED) is 0.616. The summed E-state index contributed by atoms with van der Waals surface area (Å²) in [7, 11) is 0. The van der Waals surface area contributed by atoms with Crippen LogP contribution >= 0.6 is 0 Å². The lowest BCUT2D eigenvalue weighted by molar-refractivity contribution is 0.627. The van der Waals surface area contributed by atoms with Crippen LogP contribution in [0.15, 0.2) is 64.4 Å². The third kappa shape index (κ3) is 2.63. The van der Waals surface area contributed by atoms with Crippen LogP contribution in [0.4, 0.5) is 4.39 Å². The van der Waals surface area contributed by atoms with Crippen LogP contribution in [0.2, 0.25) is 0 Å². The molecule has 6 nitrogen and oxygen atoms in total. The van der Waals surface area contributed by atoms with E-state index in [1.165, 1.54) is 35.0 Å². The van der Waals surface area contributed by atoms with E-state index in [2.05, 4.69) is 10.1 Å². The second-order valence-corrected chi connectivity index (χ2v) is 6.03. The minimum absolute atomic E-state index is 0.216. The van der Waals surface area contributed by atoms with Gasteiger partial charge in [-0.25, -0.2) is 9.07 Å². The number of pyridine rings is 2. The molecule has 0 aliphatic heterocycles. The number of benzene rings is 1. The first kappa shape index (κ1) is 16.0. The smallest absolute Gasteiger partial charge is 0.280 e. The van der Waals surface area contributed by atoms with Crippen molar-refractivity contribution < 1.29 is 4.39 Å². The number of H-pyrrole nitrogens is 1. The highest BCUT2D eigenvalue weighted by molar-refractivity contribution is 5.80. The molecule has 0 amide bonds. The van der Waals surface area contributed by atoms with Crippen molar-refractivity contribution >= 4 is 10.9 Å². The number of aromatic amines is 1. The predicted octanol–water partition coefficient (Wildman–Crippen LogP) is 2.37. The molecule has 1 N–H and O–H groups in total. The standard InChI is InChI=1S/C19H15FN4O2/c1-12-18-16(9-17(25)23(12)11-13-3-2-8-21-10-13)22-24(19(18)26)15-6-4-14(20)5-7-15/h2-10,22H,11H2,1H3. The lowest BCUT2D eigenvalue weighted by Gasteiger charge is -2.09. The number of aromatic nitrogens is 4. The minimum atomic E-state index is -0.384. The molecule has 0 unspecified atom stereocenters. The second-order valence-electron chi connectivity index (χ2n) is 6.03. The van der Waals surface area contributed by atoms with Gasteiger partial charge in [0.15, 0.2) is 0 Å². The summed E-state index contributed by atoms with van der Waals surface area (Å²) in [6.45, 7) is 2.07. The Bertz CT molecular complexity index is 1200. The average molecular weight is 350 g/mol. The fourth-order valence-electron chi connectivity index (χ4n) is 3.05. The van der Waals surface area contributed by atoms with E-state index in [1.807, 2.05) is 6.07 Å². The van der Waals surface area contributed by atoms with Crippen molar-refractivity contribution in [3.05, 3.63) is 92.6 Å². The fourth-order valence-corrected chi connectivity index (χ4v) is 3.05. The molecule has 3 aromatic heterocycles. The van der Waals surface area contributed by atoms with Crippen molar-refractivity contribution in [3.63, 3.8) is 0 Å². The highest BCUT2D eigenvalue weighted by Gasteiger charge is 2.15. The first-order valence-electron chi connectivity index (χ1n) is 8.04. The zero-order valence-corrected chi connectivity index (χ0v) is 13.9. The van der Waals surface area contributed by atoms with Crippen LogP contribution in [-0.2, 0) is 6.54 Å². The zero-order valence-electron chi connectivity index (χ0n) is 13.9. The predicted molar refractivity (Wildman–Crippen MR) is 96.2 cm³/mol. The molecule has 0 saturated heterocycles. The Balaban J connectivity index is 1.90. The molecule has 0 bridgehead atoms. The van der Waals surface area contributed by atoms with Gasteiger partial charge in [-0.2, -0.15) is 0 Å². The monoisotopic (exact) mass is 350 g/mol. The van der Waals surface area contributed by atoms with Gasteiger partial charge in [0.2, 0.25) is 0 Å². The lowest BCUT2D eigenvalue weighted by Crippen LogP contribution is -2.23. The molecule has 1 aromatic carbocycles. The number of hydrogen-bond acceptors (Lipinski definition) is 3. The molecular weight excluding hydrogens is 335 g/mol. The van der Waals surface area contributed by atoms with Crippen LogP contribution in [0.3, 0.4) is 0 Å². The Hall–Kier alpha value is -3.48. The highest BCUT2D eigenvalue weighted by Crippen LogP contribution is 2.14. The van der Waals surface area contributed by atoms with Gasteiger partial charge in [-0.15, -0.1) is 0 Å². The van der Waals surface area contributed by atoms with Gasteiger partial charge in [0.1, 0.15) is 5.82 Å². The van der Waals surface area contributed by atoms with Crippen molar-refractivity contribution in [2.75, 3.05) is 0 Å². The van der Waals surface area contributed by atoms with Gasteiger partial charge < -0.3 is 4.57 Å². The van der Waals surface area contributed by atoms with Crippen molar-refractivity contribution in [2.24, 2.45) is 0 Å². The largest absolute Gasteiger partial charge is 0.308 e. The molecule has 130 valence electrons. The summed E-state index contributed by atoms with van der Waals surface area (Å²) in [5.41, 5.74) is 1.88. The number of rotatable bonds is 3. The number of nitrogens with zero attached hydrogens (tertiary/aromatic N) is 3. The van der Waals surface area contributed by atoms with Crippen LogP contribution in [0, 0.1) is 12.7 Å². The molecule has 3 heterocycles. The Labute approximate surface area is 147 Å². The molecule has 0 atom stereocenters. The first-order valence-corrected chi connectivity index (χ1v) is 8.04. The van der Waals surface area contributed by atoms with Gasteiger partial charge >= 0.3 is 0 Å². The Morgan fingerprint density at radius 3 is 2.62 bits per heavy atom. The van der Waals surface area contributed by atoms with E-state index in [0.29, 0.717) is 28.8 Å². The molecule has 4 aromatic rings. The van der Waals surface area contributed by atoms with E-state index in [1.54, 1.807) is 30.0 Å². The molecule has 0 saturated carbocycles. The first-order chi connectivity index (χ1) is 12.5. The number of halogens is 1. The summed E-state index contributed by atoms with van der Waals surface area (Å²) in [6, 6.07) is 10.6. The third-order valence-corrected chi connectivity index (χ3v) is 4.37. The highest BCUT2D eigenvalue weighted by atomic mass is 19.1. The van der Waals surface area contributed by atoms with Crippen LogP contribution in [-0.4, -0.2) is 19.3 Å².